The van der Waals surface area contributed by atoms with Crippen LogP contribution in [0.1, 0.15) is 18.2 Å². The highest BCUT2D eigenvalue weighted by molar-refractivity contribution is 7.98. The van der Waals surface area contributed by atoms with Crippen LogP contribution in [-0.4, -0.2) is 81.3 Å². The Morgan fingerprint density at radius 2 is 2.15 bits per heavy atom. The van der Waals surface area contributed by atoms with E-state index in [0.29, 0.717) is 18.1 Å². The third-order valence-corrected chi connectivity index (χ3v) is 8.03. The number of carbonyl (C=O) groups is 1. The lowest BCUT2D eigenvalue weighted by Gasteiger charge is -2.26. The first-order valence-electron chi connectivity index (χ1n) is 11.1. The smallest absolute Gasteiger partial charge is 0.332 e. The number of nitrogens with one attached hydrogen (secondary N) is 2. The first-order chi connectivity index (χ1) is 16.4. The van der Waals surface area contributed by atoms with Gasteiger partial charge >= 0.3 is 5.97 Å². The molecule has 10 nitrogen and oxygen atoms in total. The predicted molar refractivity (Wildman–Crippen MR) is 131 cm³/mol. The van der Waals surface area contributed by atoms with Crippen molar-refractivity contribution in [2.45, 2.75) is 24.5 Å². The molecule has 1 aromatic carbocycles. The zero-order valence-electron chi connectivity index (χ0n) is 18.9. The van der Waals surface area contributed by atoms with Gasteiger partial charge in [-0.2, -0.15) is 11.8 Å². The minimum Gasteiger partial charge on any atom is -0.467 e. The van der Waals surface area contributed by atoms with E-state index in [1.165, 1.54) is 5.56 Å². The molecule has 0 bridgehead atoms. The summed E-state index contributed by atoms with van der Waals surface area (Å²) in [7, 11) is -4.04. The summed E-state index contributed by atoms with van der Waals surface area (Å²) in [4.78, 5) is 18.5. The summed E-state index contributed by atoms with van der Waals surface area (Å²) in [6.07, 6.45) is 1.76. The lowest BCUT2D eigenvalue weighted by atomic mass is 10.1. The van der Waals surface area contributed by atoms with Crippen LogP contribution in [0.15, 0.2) is 33.9 Å². The van der Waals surface area contributed by atoms with Crippen LogP contribution in [0, 0.1) is 5.41 Å². The van der Waals surface area contributed by atoms with Gasteiger partial charge in [-0.25, -0.2) is 8.42 Å². The number of sulfonamides is 1. The molecule has 2 saturated heterocycles. The zero-order chi connectivity index (χ0) is 24.1. The van der Waals surface area contributed by atoms with Crippen LogP contribution >= 0.6 is 11.8 Å². The molecule has 0 radical (unpaired) electrons. The monoisotopic (exact) mass is 508 g/mol. The van der Waals surface area contributed by atoms with Gasteiger partial charge in [-0.3, -0.25) is 24.8 Å². The molecular weight excluding hydrogens is 480 g/mol. The second kappa shape index (κ2) is 10.9. The first-order valence-corrected chi connectivity index (χ1v) is 13.8. The number of esters is 1. The maximum Gasteiger partial charge on any atom is 0.332 e. The molecular formula is C22H28N4O6S2. The van der Waals surface area contributed by atoms with E-state index in [1.807, 2.05) is 0 Å². The van der Waals surface area contributed by atoms with Crippen LogP contribution in [0.25, 0.3) is 10.8 Å². The molecule has 3 heterocycles. The maximum atomic E-state index is 12.2. The SMILES string of the molecule is CCOC(=O)C1C(=N)C(=NCCSCc2occ3ccc(CN4CCOCC4)cc23)NS1(=O)=O. The predicted octanol–water partition coefficient (Wildman–Crippen LogP) is 1.78. The standard InChI is InChI=1S/C22H28N4O6S2/c1-2-31-22(27)20-19(23)21(25-34(20,28)29)24-5-10-33-14-18-17-11-15(3-4-16(17)13-32-18)12-26-6-8-30-9-7-26/h3-4,11,13,20,23H,2,5-10,12,14H2,1H3,(H,24,25). The molecule has 1 atom stereocenters. The number of ether oxygens (including phenoxy) is 2. The summed E-state index contributed by atoms with van der Waals surface area (Å²) in [5.74, 6) is 1.06. The van der Waals surface area contributed by atoms with Crippen LogP contribution < -0.4 is 4.72 Å². The number of rotatable bonds is 9. The fourth-order valence-corrected chi connectivity index (χ4v) is 5.95. The highest BCUT2D eigenvalue weighted by Crippen LogP contribution is 2.26. The van der Waals surface area contributed by atoms with Crippen molar-refractivity contribution in [1.82, 2.24) is 9.62 Å². The first kappa shape index (κ1) is 24.7. The Balaban J connectivity index is 1.32. The van der Waals surface area contributed by atoms with Crippen molar-refractivity contribution < 1.29 is 27.1 Å². The van der Waals surface area contributed by atoms with Crippen molar-refractivity contribution >= 4 is 50.1 Å². The van der Waals surface area contributed by atoms with Gasteiger partial charge in [0, 0.05) is 36.2 Å². The molecule has 1 unspecified atom stereocenters. The van der Waals surface area contributed by atoms with Gasteiger partial charge in [-0.1, -0.05) is 12.1 Å². The summed E-state index contributed by atoms with van der Waals surface area (Å²) in [6.45, 7) is 6.19. The quantitative estimate of drug-likeness (QED) is 0.387. The summed E-state index contributed by atoms with van der Waals surface area (Å²) in [6, 6.07) is 6.38. The average Bonchev–Trinajstić information content (AvgIpc) is 3.31. The number of hydrogen-bond acceptors (Lipinski definition) is 10. The fourth-order valence-electron chi connectivity index (χ4n) is 3.87. The highest BCUT2D eigenvalue weighted by atomic mass is 32.2. The third kappa shape index (κ3) is 5.62. The van der Waals surface area contributed by atoms with Crippen LogP contribution in [-0.2, 0) is 36.6 Å². The molecule has 4 rings (SSSR count). The van der Waals surface area contributed by atoms with Gasteiger partial charge in [0.15, 0.2) is 5.84 Å². The number of fused-ring (bicyclic) bond motifs is 1. The summed E-state index contributed by atoms with van der Waals surface area (Å²) < 4.78 is 42.5. The number of hydrogen-bond donors (Lipinski definition) is 2. The number of thioether (sulfide) groups is 1. The van der Waals surface area contributed by atoms with E-state index in [-0.39, 0.29) is 18.2 Å². The van der Waals surface area contributed by atoms with Crippen LogP contribution in [0.2, 0.25) is 0 Å². The minimum atomic E-state index is -4.04. The van der Waals surface area contributed by atoms with E-state index >= 15 is 0 Å². The molecule has 0 saturated carbocycles. The van der Waals surface area contributed by atoms with E-state index in [0.717, 1.165) is 49.4 Å². The van der Waals surface area contributed by atoms with Crippen LogP contribution in [0.4, 0.5) is 0 Å². The number of morpholine rings is 1. The van der Waals surface area contributed by atoms with Crippen molar-refractivity contribution in [3.8, 4) is 0 Å². The maximum absolute atomic E-state index is 12.2. The average molecular weight is 509 g/mol. The molecule has 2 fully saturated rings. The van der Waals surface area contributed by atoms with Gasteiger partial charge in [-0.05, 0) is 18.6 Å². The molecule has 0 spiro atoms. The second-order valence-corrected chi connectivity index (χ2v) is 10.8. The van der Waals surface area contributed by atoms with Crippen molar-refractivity contribution in [1.29, 1.82) is 5.41 Å². The van der Waals surface area contributed by atoms with Gasteiger partial charge in [0.05, 0.1) is 38.4 Å². The molecule has 0 aliphatic carbocycles. The molecule has 0 amide bonds. The molecule has 184 valence electrons. The van der Waals surface area contributed by atoms with E-state index in [2.05, 4.69) is 32.8 Å². The summed E-state index contributed by atoms with van der Waals surface area (Å²) >= 11 is 1.60. The molecule has 34 heavy (non-hydrogen) atoms. The Bertz CT molecular complexity index is 1190. The Hall–Kier alpha value is -2.41. The van der Waals surface area contributed by atoms with Crippen molar-refractivity contribution in [2.24, 2.45) is 4.99 Å². The lowest BCUT2D eigenvalue weighted by Crippen LogP contribution is -2.35. The number of nitrogens with zero attached hydrogens (tertiary/aromatic N) is 2. The number of amidine groups is 1. The molecule has 1 aromatic heterocycles. The number of carbonyl (C=O) groups excluding carboxylic acids is 1. The van der Waals surface area contributed by atoms with E-state index in [1.54, 1.807) is 24.9 Å². The van der Waals surface area contributed by atoms with Crippen LogP contribution in [0.5, 0.6) is 0 Å². The molecule has 2 aliphatic heterocycles. The Kier molecular flexibility index (Phi) is 7.91. The molecule has 2 aliphatic rings. The van der Waals surface area contributed by atoms with Crippen molar-refractivity contribution in [2.75, 3.05) is 45.2 Å². The zero-order valence-corrected chi connectivity index (χ0v) is 20.5. The minimum absolute atomic E-state index is 0.0391. The van der Waals surface area contributed by atoms with E-state index in [9.17, 15) is 13.2 Å². The number of furan rings is 1. The Morgan fingerprint density at radius 3 is 2.91 bits per heavy atom. The summed E-state index contributed by atoms with van der Waals surface area (Å²) in [5, 5.41) is 8.50. The van der Waals surface area contributed by atoms with Gasteiger partial charge in [0.2, 0.25) is 5.25 Å². The van der Waals surface area contributed by atoms with E-state index in [4.69, 9.17) is 19.3 Å². The Morgan fingerprint density at radius 1 is 1.35 bits per heavy atom. The lowest BCUT2D eigenvalue weighted by molar-refractivity contribution is -0.141. The molecule has 2 N–H and O–H groups in total. The van der Waals surface area contributed by atoms with Crippen molar-refractivity contribution in [3.05, 3.63) is 35.8 Å². The van der Waals surface area contributed by atoms with Gasteiger partial charge < -0.3 is 13.9 Å². The molecule has 2 aromatic rings. The number of aliphatic imine (C=N–C) groups is 1. The van der Waals surface area contributed by atoms with Gasteiger partial charge in [0.1, 0.15) is 11.5 Å². The van der Waals surface area contributed by atoms with Crippen LogP contribution in [0.3, 0.4) is 0 Å². The van der Waals surface area contributed by atoms with Crippen molar-refractivity contribution in [3.63, 3.8) is 0 Å². The Labute approximate surface area is 202 Å². The third-order valence-electron chi connectivity index (χ3n) is 5.56. The molecule has 12 heteroatoms. The normalized spacial score (nSPS) is 21.7. The van der Waals surface area contributed by atoms with E-state index < -0.39 is 21.2 Å². The van der Waals surface area contributed by atoms with Gasteiger partial charge in [0.25, 0.3) is 10.0 Å². The largest absolute Gasteiger partial charge is 0.467 e. The second-order valence-electron chi connectivity index (χ2n) is 7.94. The topological polar surface area (TPSA) is 134 Å². The van der Waals surface area contributed by atoms with Gasteiger partial charge in [-0.15, -0.1) is 0 Å². The fraction of sp³-hybridized carbons (Fsp3) is 0.500. The number of benzene rings is 1. The summed E-state index contributed by atoms with van der Waals surface area (Å²) in [5.41, 5.74) is 0.852. The highest BCUT2D eigenvalue weighted by Gasteiger charge is 2.47.